The molecule has 3 aromatic carbocycles. The van der Waals surface area contributed by atoms with Crippen molar-refractivity contribution in [3.8, 4) is 5.75 Å². The lowest BCUT2D eigenvalue weighted by molar-refractivity contribution is -0.110. The number of benzene rings is 3. The molecule has 13 heteroatoms. The molecule has 0 aromatic heterocycles. The Kier molecular flexibility index (Phi) is 10.9. The SMILES string of the molecule is COc1ccc(/C=C2\C(=O)Nc3ccc(S(=O)(=O)N(CC(C)C)C[C@@H](O)[C@H](Cc4ccccc4)NC(=O)OC4COC5OCCC45)cc32)cc1. The molecule has 0 spiro atoms. The molecule has 0 radical (unpaired) electrons. The lowest BCUT2D eigenvalue weighted by atomic mass is 10.0. The van der Waals surface area contributed by atoms with E-state index in [-0.39, 0.29) is 48.8 Å². The number of hydrogen-bond acceptors (Lipinski definition) is 9. The van der Waals surface area contributed by atoms with Gasteiger partial charge in [-0.15, -0.1) is 0 Å². The Morgan fingerprint density at radius 1 is 1.08 bits per heavy atom. The first kappa shape index (κ1) is 35.6. The molecule has 2 fully saturated rings. The Morgan fingerprint density at radius 2 is 1.84 bits per heavy atom. The molecule has 3 aliphatic rings. The third-order valence-corrected chi connectivity index (χ3v) is 10.9. The maximum Gasteiger partial charge on any atom is 0.407 e. The average Bonchev–Trinajstić information content (AvgIpc) is 3.80. The molecule has 3 heterocycles. The molecule has 3 N–H and O–H groups in total. The maximum absolute atomic E-state index is 14.3. The molecule has 3 unspecified atom stereocenters. The normalized spacial score (nSPS) is 21.9. The van der Waals surface area contributed by atoms with E-state index in [0.717, 1.165) is 11.1 Å². The van der Waals surface area contributed by atoms with Crippen LogP contribution in [0.5, 0.6) is 5.75 Å². The maximum atomic E-state index is 14.3. The van der Waals surface area contributed by atoms with Crippen LogP contribution in [0.1, 0.15) is 37.0 Å². The van der Waals surface area contributed by atoms with E-state index in [9.17, 15) is 23.1 Å². The highest BCUT2D eigenvalue weighted by atomic mass is 32.2. The molecule has 2 amide bonds. The van der Waals surface area contributed by atoms with Gasteiger partial charge >= 0.3 is 6.09 Å². The van der Waals surface area contributed by atoms with Crippen molar-refractivity contribution in [2.24, 2.45) is 11.8 Å². The van der Waals surface area contributed by atoms with E-state index in [2.05, 4.69) is 10.6 Å². The fraction of sp³-hybridized carbons (Fsp3) is 0.405. The number of methoxy groups -OCH3 is 1. The highest BCUT2D eigenvalue weighted by Gasteiger charge is 2.44. The molecule has 50 heavy (non-hydrogen) atoms. The summed E-state index contributed by atoms with van der Waals surface area (Å²) in [4.78, 5) is 26.1. The van der Waals surface area contributed by atoms with Gasteiger partial charge in [0.2, 0.25) is 10.0 Å². The molecule has 3 aromatic rings. The molecule has 2 saturated heterocycles. The summed E-state index contributed by atoms with van der Waals surface area (Å²) in [6.45, 7) is 4.32. The first-order valence-electron chi connectivity index (χ1n) is 16.8. The zero-order valence-electron chi connectivity index (χ0n) is 28.3. The van der Waals surface area contributed by atoms with Gasteiger partial charge in [-0.3, -0.25) is 4.79 Å². The topological polar surface area (TPSA) is 153 Å². The number of anilines is 1. The van der Waals surface area contributed by atoms with Crippen molar-refractivity contribution in [2.75, 3.05) is 38.7 Å². The number of carbonyl (C=O) groups is 2. The Hall–Kier alpha value is -4.27. The number of aliphatic hydroxyl groups is 1. The summed E-state index contributed by atoms with van der Waals surface area (Å²) in [5.74, 6) is 0.175. The van der Waals surface area contributed by atoms with Crippen molar-refractivity contribution in [3.05, 3.63) is 89.5 Å². The van der Waals surface area contributed by atoms with Gasteiger partial charge in [-0.1, -0.05) is 56.3 Å². The highest BCUT2D eigenvalue weighted by Crippen LogP contribution is 2.36. The van der Waals surface area contributed by atoms with E-state index in [1.54, 1.807) is 43.5 Å². The van der Waals surface area contributed by atoms with Crippen LogP contribution >= 0.6 is 0 Å². The smallest absolute Gasteiger partial charge is 0.407 e. The van der Waals surface area contributed by atoms with Gasteiger partial charge in [0.05, 0.1) is 43.3 Å². The van der Waals surface area contributed by atoms with E-state index in [4.69, 9.17) is 18.9 Å². The van der Waals surface area contributed by atoms with Gasteiger partial charge in [0.1, 0.15) is 11.9 Å². The number of amides is 2. The van der Waals surface area contributed by atoms with Crippen molar-refractivity contribution in [2.45, 2.75) is 56.1 Å². The number of carbonyl (C=O) groups excluding carboxylic acids is 2. The second-order valence-electron chi connectivity index (χ2n) is 13.2. The lowest BCUT2D eigenvalue weighted by Gasteiger charge is -2.31. The average molecular weight is 706 g/mol. The van der Waals surface area contributed by atoms with Crippen LogP contribution in [0.25, 0.3) is 11.6 Å². The lowest BCUT2D eigenvalue weighted by Crippen LogP contribution is -2.51. The second kappa shape index (κ2) is 15.3. The molecular formula is C37H43N3O9S. The van der Waals surface area contributed by atoms with Crippen molar-refractivity contribution in [1.82, 2.24) is 9.62 Å². The highest BCUT2D eigenvalue weighted by molar-refractivity contribution is 7.89. The zero-order chi connectivity index (χ0) is 35.4. The van der Waals surface area contributed by atoms with E-state index in [1.165, 1.54) is 16.4 Å². The number of nitrogens with zero attached hydrogens (tertiary/aromatic N) is 1. The number of aliphatic hydroxyl groups excluding tert-OH is 1. The monoisotopic (exact) mass is 705 g/mol. The number of hydrogen-bond donors (Lipinski definition) is 3. The van der Waals surface area contributed by atoms with Crippen LogP contribution in [0.3, 0.4) is 0 Å². The minimum atomic E-state index is -4.18. The summed E-state index contributed by atoms with van der Waals surface area (Å²) in [5.41, 5.74) is 2.86. The number of sulfonamides is 1. The fourth-order valence-electron chi connectivity index (χ4n) is 6.52. The molecule has 3 aliphatic heterocycles. The Balaban J connectivity index is 1.24. The van der Waals surface area contributed by atoms with E-state index in [0.29, 0.717) is 35.6 Å². The summed E-state index contributed by atoms with van der Waals surface area (Å²) < 4.78 is 51.9. The summed E-state index contributed by atoms with van der Waals surface area (Å²) in [6.07, 6.45) is -0.265. The van der Waals surface area contributed by atoms with Gasteiger partial charge in [0.15, 0.2) is 6.29 Å². The van der Waals surface area contributed by atoms with Crippen LogP contribution < -0.4 is 15.4 Å². The van der Waals surface area contributed by atoms with E-state index in [1.807, 2.05) is 44.2 Å². The number of alkyl carbamates (subject to hydrolysis) is 1. The third kappa shape index (κ3) is 8.03. The first-order valence-corrected chi connectivity index (χ1v) is 18.2. The number of ether oxygens (including phenoxy) is 4. The van der Waals surface area contributed by atoms with Crippen molar-refractivity contribution < 1.29 is 42.1 Å². The number of nitrogens with one attached hydrogen (secondary N) is 2. The van der Waals surface area contributed by atoms with Crippen molar-refractivity contribution in [1.29, 1.82) is 0 Å². The predicted octanol–water partition coefficient (Wildman–Crippen LogP) is 4.29. The molecule has 266 valence electrons. The molecule has 12 nitrogen and oxygen atoms in total. The summed E-state index contributed by atoms with van der Waals surface area (Å²) >= 11 is 0. The first-order chi connectivity index (χ1) is 24.0. The van der Waals surface area contributed by atoms with Crippen LogP contribution in [-0.4, -0.2) is 87.8 Å². The van der Waals surface area contributed by atoms with Crippen molar-refractivity contribution in [3.63, 3.8) is 0 Å². The quantitative estimate of drug-likeness (QED) is 0.221. The zero-order valence-corrected chi connectivity index (χ0v) is 29.1. The Morgan fingerprint density at radius 3 is 2.56 bits per heavy atom. The summed E-state index contributed by atoms with van der Waals surface area (Å²) in [7, 11) is -2.61. The minimum Gasteiger partial charge on any atom is -0.497 e. The van der Waals surface area contributed by atoms with Gasteiger partial charge in [-0.25, -0.2) is 13.2 Å². The van der Waals surface area contributed by atoms with Gasteiger partial charge < -0.3 is 34.7 Å². The largest absolute Gasteiger partial charge is 0.497 e. The van der Waals surface area contributed by atoms with Gasteiger partial charge in [0.25, 0.3) is 5.91 Å². The number of rotatable bonds is 13. The van der Waals surface area contributed by atoms with E-state index < -0.39 is 40.7 Å². The molecular weight excluding hydrogens is 662 g/mol. The predicted molar refractivity (Wildman–Crippen MR) is 187 cm³/mol. The summed E-state index contributed by atoms with van der Waals surface area (Å²) in [5, 5.41) is 17.3. The van der Waals surface area contributed by atoms with Gasteiger partial charge in [-0.2, -0.15) is 4.31 Å². The van der Waals surface area contributed by atoms with Gasteiger partial charge in [-0.05, 0) is 66.3 Å². The van der Waals surface area contributed by atoms with Gasteiger partial charge in [0, 0.05) is 29.9 Å². The number of fused-ring (bicyclic) bond motifs is 2. The van der Waals surface area contributed by atoms with Crippen LogP contribution in [0.2, 0.25) is 0 Å². The van der Waals surface area contributed by atoms with E-state index >= 15 is 0 Å². The standard InChI is InChI=1S/C37H43N3O9S/c1-23(2)20-40(50(44,45)27-13-14-31-29(19-27)30(35(42)38-31)17-25-9-11-26(46-3)12-10-25)21-33(41)32(18-24-7-5-4-6-8-24)39-37(43)49-34-22-48-36-28(34)15-16-47-36/h4-14,17,19,23,28,32-34,36,41H,15-16,18,20-22H2,1-3H3,(H,38,42)(H,39,43)/b30-17-/t28?,32-,33+,34?,36?/m0/s1. The Labute approximate surface area is 292 Å². The minimum absolute atomic E-state index is 0.0252. The molecule has 0 saturated carbocycles. The molecule has 5 atom stereocenters. The molecule has 0 aliphatic carbocycles. The molecule has 0 bridgehead atoms. The fourth-order valence-corrected chi connectivity index (χ4v) is 8.17. The molecule has 6 rings (SSSR count). The van der Waals surface area contributed by atoms with Crippen LogP contribution in [0.4, 0.5) is 10.5 Å². The van der Waals surface area contributed by atoms with Crippen LogP contribution in [0, 0.1) is 11.8 Å². The summed E-state index contributed by atoms with van der Waals surface area (Å²) in [6, 6.07) is 20.1. The third-order valence-electron chi connectivity index (χ3n) is 9.11. The Bertz CT molecular complexity index is 1820. The van der Waals surface area contributed by atoms with Crippen LogP contribution in [0.15, 0.2) is 77.7 Å². The second-order valence-corrected chi connectivity index (χ2v) is 15.1. The van der Waals surface area contributed by atoms with Crippen molar-refractivity contribution >= 4 is 39.4 Å². The van der Waals surface area contributed by atoms with Crippen LogP contribution in [-0.2, 0) is 35.4 Å².